The lowest BCUT2D eigenvalue weighted by Gasteiger charge is -2.23. The van der Waals surface area contributed by atoms with Gasteiger partial charge in [0.25, 0.3) is 0 Å². The van der Waals surface area contributed by atoms with Crippen molar-refractivity contribution < 1.29 is 4.39 Å². The summed E-state index contributed by atoms with van der Waals surface area (Å²) in [5.41, 5.74) is 6.37. The van der Waals surface area contributed by atoms with E-state index in [0.29, 0.717) is 17.2 Å². The van der Waals surface area contributed by atoms with E-state index in [-0.39, 0.29) is 11.7 Å². The molecular weight excluding hydrogens is 229 g/mol. The summed E-state index contributed by atoms with van der Waals surface area (Å²) in [4.78, 5) is 1.97. The van der Waals surface area contributed by atoms with Crippen LogP contribution >= 0.6 is 0 Å². The summed E-state index contributed by atoms with van der Waals surface area (Å²) in [7, 11) is 1.92. The van der Waals surface area contributed by atoms with Gasteiger partial charge < -0.3 is 10.6 Å². The molecule has 0 saturated heterocycles. The number of nitrogens with one attached hydrogen (secondary N) is 1. The Hall–Kier alpha value is -1.58. The molecule has 0 radical (unpaired) electrons. The third kappa shape index (κ3) is 2.81. The van der Waals surface area contributed by atoms with Gasteiger partial charge in [-0.3, -0.25) is 5.41 Å². The fourth-order valence-electron chi connectivity index (χ4n) is 2.66. The highest BCUT2D eigenvalue weighted by molar-refractivity contribution is 5.95. The fourth-order valence-corrected chi connectivity index (χ4v) is 2.66. The van der Waals surface area contributed by atoms with Gasteiger partial charge in [-0.25, -0.2) is 4.39 Å². The van der Waals surface area contributed by atoms with Crippen molar-refractivity contribution in [3.63, 3.8) is 0 Å². The maximum atomic E-state index is 13.9. The number of nitrogens with zero attached hydrogens (tertiary/aromatic N) is 1. The molecule has 4 heteroatoms. The van der Waals surface area contributed by atoms with E-state index in [1.165, 1.54) is 31.7 Å². The molecule has 1 saturated carbocycles. The molecule has 0 atom stereocenters. The second kappa shape index (κ2) is 5.38. The van der Waals surface area contributed by atoms with Gasteiger partial charge in [0.1, 0.15) is 11.7 Å². The highest BCUT2D eigenvalue weighted by atomic mass is 19.1. The van der Waals surface area contributed by atoms with E-state index >= 15 is 0 Å². The Morgan fingerprint density at radius 3 is 2.67 bits per heavy atom. The maximum absolute atomic E-state index is 13.9. The molecule has 0 amide bonds. The molecule has 3 nitrogen and oxygen atoms in total. The highest BCUT2D eigenvalue weighted by Gasteiger charge is 2.18. The Bertz CT molecular complexity index is 439. The molecule has 0 spiro atoms. The molecule has 0 aromatic heterocycles. The number of anilines is 1. The van der Waals surface area contributed by atoms with Crippen molar-refractivity contribution in [2.45, 2.75) is 25.7 Å². The number of rotatable bonds is 4. The Morgan fingerprint density at radius 1 is 1.44 bits per heavy atom. The smallest absolute Gasteiger partial charge is 0.147 e. The third-order valence-corrected chi connectivity index (χ3v) is 3.68. The van der Waals surface area contributed by atoms with Gasteiger partial charge in [-0.2, -0.15) is 0 Å². The third-order valence-electron chi connectivity index (χ3n) is 3.68. The Labute approximate surface area is 107 Å². The zero-order valence-electron chi connectivity index (χ0n) is 10.7. The fraction of sp³-hybridized carbons (Fsp3) is 0.500. The number of nitrogens with two attached hydrogens (primary N) is 1. The monoisotopic (exact) mass is 249 g/mol. The molecule has 1 fully saturated rings. The zero-order chi connectivity index (χ0) is 13.1. The quantitative estimate of drug-likeness (QED) is 0.637. The van der Waals surface area contributed by atoms with Crippen LogP contribution in [0.15, 0.2) is 18.2 Å². The van der Waals surface area contributed by atoms with Gasteiger partial charge in [-0.1, -0.05) is 12.8 Å². The van der Waals surface area contributed by atoms with E-state index in [1.807, 2.05) is 11.9 Å². The number of nitrogen functional groups attached to an aromatic ring is 1. The number of benzene rings is 1. The first-order valence-electron chi connectivity index (χ1n) is 6.43. The van der Waals surface area contributed by atoms with E-state index in [2.05, 4.69) is 0 Å². The number of hydrogen-bond acceptors (Lipinski definition) is 2. The van der Waals surface area contributed by atoms with Crippen molar-refractivity contribution in [3.05, 3.63) is 29.6 Å². The number of hydrogen-bond donors (Lipinski definition) is 2. The van der Waals surface area contributed by atoms with Crippen molar-refractivity contribution in [1.82, 2.24) is 0 Å². The van der Waals surface area contributed by atoms with Gasteiger partial charge in [-0.05, 0) is 37.0 Å². The lowest BCUT2D eigenvalue weighted by Crippen LogP contribution is -2.25. The van der Waals surface area contributed by atoms with Crippen molar-refractivity contribution in [3.8, 4) is 0 Å². The van der Waals surface area contributed by atoms with E-state index in [4.69, 9.17) is 11.1 Å². The van der Waals surface area contributed by atoms with Crippen molar-refractivity contribution in [1.29, 1.82) is 5.41 Å². The average Bonchev–Trinajstić information content (AvgIpc) is 2.81. The SMILES string of the molecule is CN(CC1CCCC1)c1ccc(C(=N)N)cc1F. The Morgan fingerprint density at radius 2 is 2.11 bits per heavy atom. The van der Waals surface area contributed by atoms with Gasteiger partial charge in [-0.15, -0.1) is 0 Å². The molecule has 2 rings (SSSR count). The van der Waals surface area contributed by atoms with Crippen LogP contribution in [-0.4, -0.2) is 19.4 Å². The predicted octanol–water partition coefficient (Wildman–Crippen LogP) is 2.74. The van der Waals surface area contributed by atoms with Crippen LogP contribution in [0.5, 0.6) is 0 Å². The molecule has 1 aromatic rings. The standard InChI is InChI=1S/C14H20FN3/c1-18(9-10-4-2-3-5-10)13-7-6-11(14(16)17)8-12(13)15/h6-8,10H,2-5,9H2,1H3,(H3,16,17). The summed E-state index contributed by atoms with van der Waals surface area (Å²) in [6.07, 6.45) is 5.09. The van der Waals surface area contributed by atoms with Crippen LogP contribution in [0.4, 0.5) is 10.1 Å². The Balaban J connectivity index is 2.09. The van der Waals surface area contributed by atoms with Crippen LogP contribution in [-0.2, 0) is 0 Å². The van der Waals surface area contributed by atoms with Crippen LogP contribution in [0.2, 0.25) is 0 Å². The molecule has 0 aliphatic heterocycles. The normalized spacial score (nSPS) is 15.9. The second-order valence-electron chi connectivity index (χ2n) is 5.11. The largest absolute Gasteiger partial charge is 0.384 e. The van der Waals surface area contributed by atoms with Crippen LogP contribution in [0.3, 0.4) is 0 Å². The predicted molar refractivity (Wildman–Crippen MR) is 72.6 cm³/mol. The molecule has 0 unspecified atom stereocenters. The van der Waals surface area contributed by atoms with Crippen molar-refractivity contribution in [2.24, 2.45) is 11.7 Å². The maximum Gasteiger partial charge on any atom is 0.147 e. The van der Waals surface area contributed by atoms with Crippen LogP contribution in [0.1, 0.15) is 31.2 Å². The lowest BCUT2D eigenvalue weighted by molar-refractivity contribution is 0.539. The summed E-state index contributed by atoms with van der Waals surface area (Å²) in [6, 6.07) is 4.75. The van der Waals surface area contributed by atoms with Crippen LogP contribution < -0.4 is 10.6 Å². The van der Waals surface area contributed by atoms with Crippen LogP contribution in [0, 0.1) is 17.1 Å². The molecule has 0 heterocycles. The van der Waals surface area contributed by atoms with Gasteiger partial charge in [0.15, 0.2) is 0 Å². The highest BCUT2D eigenvalue weighted by Crippen LogP contribution is 2.28. The van der Waals surface area contributed by atoms with Gasteiger partial charge >= 0.3 is 0 Å². The second-order valence-corrected chi connectivity index (χ2v) is 5.11. The molecule has 98 valence electrons. The number of amidine groups is 1. The van der Waals surface area contributed by atoms with E-state index in [1.54, 1.807) is 12.1 Å². The summed E-state index contributed by atoms with van der Waals surface area (Å²) < 4.78 is 13.9. The molecular formula is C14H20FN3. The topological polar surface area (TPSA) is 53.1 Å². The summed E-state index contributed by atoms with van der Waals surface area (Å²) >= 11 is 0. The Kier molecular flexibility index (Phi) is 3.84. The van der Waals surface area contributed by atoms with Crippen molar-refractivity contribution in [2.75, 3.05) is 18.5 Å². The minimum absolute atomic E-state index is 0.0982. The molecule has 1 aromatic carbocycles. The van der Waals surface area contributed by atoms with Gasteiger partial charge in [0.05, 0.1) is 5.69 Å². The summed E-state index contributed by atoms with van der Waals surface area (Å²) in [5, 5.41) is 7.29. The molecule has 1 aliphatic carbocycles. The number of halogens is 1. The van der Waals surface area contributed by atoms with E-state index in [0.717, 1.165) is 6.54 Å². The van der Waals surface area contributed by atoms with E-state index < -0.39 is 0 Å². The van der Waals surface area contributed by atoms with Crippen molar-refractivity contribution >= 4 is 11.5 Å². The minimum Gasteiger partial charge on any atom is -0.384 e. The average molecular weight is 249 g/mol. The first-order valence-corrected chi connectivity index (χ1v) is 6.43. The van der Waals surface area contributed by atoms with Gasteiger partial charge in [0, 0.05) is 19.2 Å². The molecule has 0 bridgehead atoms. The minimum atomic E-state index is -0.303. The van der Waals surface area contributed by atoms with Gasteiger partial charge in [0.2, 0.25) is 0 Å². The van der Waals surface area contributed by atoms with Crippen LogP contribution in [0.25, 0.3) is 0 Å². The summed E-state index contributed by atoms with van der Waals surface area (Å²) in [6.45, 7) is 0.899. The first kappa shape index (κ1) is 12.9. The molecule has 1 aliphatic rings. The zero-order valence-corrected chi connectivity index (χ0v) is 10.7. The molecule has 18 heavy (non-hydrogen) atoms. The first-order chi connectivity index (χ1) is 8.58. The summed E-state index contributed by atoms with van der Waals surface area (Å²) in [5.74, 6) is 0.281. The van der Waals surface area contributed by atoms with E-state index in [9.17, 15) is 4.39 Å². The lowest BCUT2D eigenvalue weighted by atomic mass is 10.1. The molecule has 3 N–H and O–H groups in total.